The minimum absolute atomic E-state index is 0.158. The molecule has 0 saturated heterocycles. The molecule has 0 saturated carbocycles. The van der Waals surface area contributed by atoms with Gasteiger partial charge in [0.25, 0.3) is 0 Å². The minimum Gasteiger partial charge on any atom is -0.497 e. The summed E-state index contributed by atoms with van der Waals surface area (Å²) in [5.74, 6) is -0.499. The summed E-state index contributed by atoms with van der Waals surface area (Å²) in [4.78, 5) is 37.8. The van der Waals surface area contributed by atoms with Crippen LogP contribution in [-0.2, 0) is 51.3 Å². The van der Waals surface area contributed by atoms with Crippen molar-refractivity contribution in [2.24, 2.45) is 0 Å². The fourth-order valence-corrected chi connectivity index (χ4v) is 4.00. The van der Waals surface area contributed by atoms with Gasteiger partial charge < -0.3 is 33.2 Å². The Morgan fingerprint density at radius 2 is 1.07 bits per heavy atom. The molecule has 10 nitrogen and oxygen atoms in total. The number of benzene rings is 2. The second-order valence-corrected chi connectivity index (χ2v) is 9.75. The predicted molar refractivity (Wildman–Crippen MR) is 153 cm³/mol. The Labute approximate surface area is 246 Å². The lowest BCUT2D eigenvalue weighted by Crippen LogP contribution is -2.32. The summed E-state index contributed by atoms with van der Waals surface area (Å²) in [5, 5.41) is 0. The second-order valence-electron chi connectivity index (χ2n) is 9.75. The molecule has 0 radical (unpaired) electrons. The van der Waals surface area contributed by atoms with Gasteiger partial charge in [0.15, 0.2) is 0 Å². The summed E-state index contributed by atoms with van der Waals surface area (Å²) >= 11 is 0. The molecule has 226 valence electrons. The van der Waals surface area contributed by atoms with Gasteiger partial charge in [0, 0.05) is 12.2 Å². The number of cyclic esters (lactones) is 3. The maximum atomic E-state index is 12.8. The van der Waals surface area contributed by atoms with E-state index in [-0.39, 0.29) is 19.6 Å². The molecule has 0 bridgehead atoms. The maximum absolute atomic E-state index is 12.8. The molecule has 0 aromatic heterocycles. The first-order valence-corrected chi connectivity index (χ1v) is 13.6. The Morgan fingerprint density at radius 1 is 0.643 bits per heavy atom. The van der Waals surface area contributed by atoms with Gasteiger partial charge in [-0.05, 0) is 68.3 Å². The molecule has 2 aromatic rings. The van der Waals surface area contributed by atoms with Crippen molar-refractivity contribution in [2.45, 2.75) is 70.9 Å². The monoisotopic (exact) mass is 582 g/mol. The summed E-state index contributed by atoms with van der Waals surface area (Å²) in [6.07, 6.45) is 1.43. The summed E-state index contributed by atoms with van der Waals surface area (Å²) in [6, 6.07) is 14.6. The third-order valence-corrected chi connectivity index (χ3v) is 6.36. The van der Waals surface area contributed by atoms with Crippen molar-refractivity contribution >= 4 is 17.9 Å². The van der Waals surface area contributed by atoms with E-state index < -0.39 is 48.4 Å². The third kappa shape index (κ3) is 10.7. The zero-order chi connectivity index (χ0) is 30.5. The smallest absolute Gasteiger partial charge is 0.330 e. The van der Waals surface area contributed by atoms with Gasteiger partial charge in [0.1, 0.15) is 42.0 Å². The number of hydrogen-bond acceptors (Lipinski definition) is 10. The van der Waals surface area contributed by atoms with E-state index in [0.717, 1.165) is 11.1 Å². The van der Waals surface area contributed by atoms with Crippen molar-refractivity contribution in [3.05, 3.63) is 84.0 Å². The van der Waals surface area contributed by atoms with Crippen LogP contribution >= 0.6 is 0 Å². The Bertz CT molecular complexity index is 1220. The van der Waals surface area contributed by atoms with Crippen LogP contribution < -0.4 is 9.47 Å². The van der Waals surface area contributed by atoms with Crippen LogP contribution in [0, 0.1) is 0 Å². The molecule has 10 heteroatoms. The first kappa shape index (κ1) is 32.4. The molecule has 1 aliphatic rings. The molecule has 1 heterocycles. The number of hydrogen-bond donors (Lipinski definition) is 0. The highest BCUT2D eigenvalue weighted by Gasteiger charge is 2.24. The lowest BCUT2D eigenvalue weighted by atomic mass is 10.1. The lowest BCUT2D eigenvalue weighted by Gasteiger charge is -2.24. The van der Waals surface area contributed by atoms with E-state index in [1.165, 1.54) is 24.3 Å². The average molecular weight is 583 g/mol. The first-order chi connectivity index (χ1) is 20.2. The Kier molecular flexibility index (Phi) is 12.6. The van der Waals surface area contributed by atoms with Crippen LogP contribution in [0.1, 0.15) is 38.3 Å². The van der Waals surface area contributed by atoms with E-state index in [9.17, 15) is 14.4 Å². The normalized spacial score (nSPS) is 25.5. The van der Waals surface area contributed by atoms with Crippen molar-refractivity contribution < 1.29 is 47.5 Å². The van der Waals surface area contributed by atoms with Crippen LogP contribution in [0.2, 0.25) is 0 Å². The van der Waals surface area contributed by atoms with E-state index >= 15 is 0 Å². The van der Waals surface area contributed by atoms with E-state index in [1.54, 1.807) is 59.3 Å². The molecule has 3 rings (SSSR count). The highest BCUT2D eigenvalue weighted by molar-refractivity contribution is 5.83. The lowest BCUT2D eigenvalue weighted by molar-refractivity contribution is -0.159. The molecule has 0 unspecified atom stereocenters. The maximum Gasteiger partial charge on any atom is 0.330 e. The van der Waals surface area contributed by atoms with Crippen LogP contribution in [0.15, 0.2) is 72.8 Å². The average Bonchev–Trinajstić information content (AvgIpc) is 2.96. The predicted octanol–water partition coefficient (Wildman–Crippen LogP) is 4.49. The summed E-state index contributed by atoms with van der Waals surface area (Å²) < 4.78 is 38.8. The highest BCUT2D eigenvalue weighted by Crippen LogP contribution is 2.18. The molecular weight excluding hydrogens is 544 g/mol. The van der Waals surface area contributed by atoms with Crippen LogP contribution in [0.4, 0.5) is 0 Å². The zero-order valence-corrected chi connectivity index (χ0v) is 24.5. The third-order valence-electron chi connectivity index (χ3n) is 6.36. The van der Waals surface area contributed by atoms with Crippen molar-refractivity contribution in [1.29, 1.82) is 0 Å². The molecule has 0 amide bonds. The molecule has 0 spiro atoms. The SMILES string of the molecule is COc1ccc(CO[C@@H]2/C=C/C(=O)O[C@@H](C)CC(=O)O[C@@H](C)[C@H](OCc3ccc(OC)cc3)/C=C/C(=O)O[C@H]2C)cc1. The Hall–Kier alpha value is -4.15. The van der Waals surface area contributed by atoms with E-state index in [0.29, 0.717) is 11.5 Å². The van der Waals surface area contributed by atoms with Gasteiger partial charge in [-0.1, -0.05) is 24.3 Å². The summed E-state index contributed by atoms with van der Waals surface area (Å²) in [6.45, 7) is 5.29. The van der Waals surface area contributed by atoms with Crippen LogP contribution in [-0.4, -0.2) is 62.6 Å². The molecule has 0 N–H and O–H groups in total. The second kappa shape index (κ2) is 16.3. The molecule has 2 aromatic carbocycles. The number of carbonyl (C=O) groups excluding carboxylic acids is 3. The van der Waals surface area contributed by atoms with Gasteiger partial charge in [0.2, 0.25) is 0 Å². The Morgan fingerprint density at radius 3 is 1.52 bits per heavy atom. The van der Waals surface area contributed by atoms with Crippen molar-refractivity contribution in [1.82, 2.24) is 0 Å². The van der Waals surface area contributed by atoms with Crippen molar-refractivity contribution in [3.63, 3.8) is 0 Å². The number of methoxy groups -OCH3 is 2. The van der Waals surface area contributed by atoms with Gasteiger partial charge in [-0.2, -0.15) is 0 Å². The topological polar surface area (TPSA) is 116 Å². The summed E-state index contributed by atoms with van der Waals surface area (Å²) in [7, 11) is 3.16. The van der Waals surface area contributed by atoms with Crippen LogP contribution in [0.25, 0.3) is 0 Å². The Balaban J connectivity index is 1.76. The van der Waals surface area contributed by atoms with E-state index in [2.05, 4.69) is 0 Å². The van der Waals surface area contributed by atoms with Gasteiger partial charge in [0.05, 0.1) is 33.9 Å². The molecule has 0 fully saturated rings. The fraction of sp³-hybridized carbons (Fsp3) is 0.406. The van der Waals surface area contributed by atoms with E-state index in [4.69, 9.17) is 33.2 Å². The minimum atomic E-state index is -0.772. The van der Waals surface area contributed by atoms with E-state index in [1.807, 2.05) is 24.3 Å². The van der Waals surface area contributed by atoms with Gasteiger partial charge in [-0.15, -0.1) is 0 Å². The first-order valence-electron chi connectivity index (χ1n) is 13.6. The molecule has 5 atom stereocenters. The number of carbonyl (C=O) groups is 3. The standard InChI is InChI=1S/C32H38O10/c1-21-18-32(35)42-23(3)29(39-20-25-8-12-27(37-5)13-9-25)15-17-31(34)41-22(2)28(14-16-30(33)40-21)38-19-24-6-10-26(36-4)11-7-24/h6-17,21-23,28-29H,18-20H2,1-5H3/b16-14+,17-15+/t21-,22-,23-,28+,29+/m0/s1. The molecule has 1 aliphatic heterocycles. The fourth-order valence-electron chi connectivity index (χ4n) is 4.00. The molecule has 42 heavy (non-hydrogen) atoms. The highest BCUT2D eigenvalue weighted by atomic mass is 16.6. The quantitative estimate of drug-likeness (QED) is 0.326. The zero-order valence-electron chi connectivity index (χ0n) is 24.5. The number of ether oxygens (including phenoxy) is 7. The van der Waals surface area contributed by atoms with Gasteiger partial charge >= 0.3 is 17.9 Å². The molecule has 0 aliphatic carbocycles. The number of rotatable bonds is 8. The van der Waals surface area contributed by atoms with Gasteiger partial charge in [-0.25, -0.2) is 9.59 Å². The summed E-state index contributed by atoms with van der Waals surface area (Å²) in [5.41, 5.74) is 1.71. The largest absolute Gasteiger partial charge is 0.497 e. The molecular formula is C32H38O10. The van der Waals surface area contributed by atoms with Crippen molar-refractivity contribution in [3.8, 4) is 11.5 Å². The van der Waals surface area contributed by atoms with Crippen LogP contribution in [0.3, 0.4) is 0 Å². The van der Waals surface area contributed by atoms with Gasteiger partial charge in [-0.3, -0.25) is 4.79 Å². The van der Waals surface area contributed by atoms with Crippen molar-refractivity contribution in [2.75, 3.05) is 14.2 Å². The van der Waals surface area contributed by atoms with Crippen LogP contribution in [0.5, 0.6) is 11.5 Å². The number of esters is 3.